The molecule has 0 aliphatic carbocycles. The van der Waals surface area contributed by atoms with Gasteiger partial charge in [-0.3, -0.25) is 14.9 Å². The molecule has 0 saturated carbocycles. The summed E-state index contributed by atoms with van der Waals surface area (Å²) in [7, 11) is 0. The standard InChI is InChI=1S/C11H17N3O2S/c1-7(15)14-8-4-5-17-9(8)6-13-11(2,3)10(12)16/h4-5,13H,6H2,1-3H3,(H2,12,16)(H,14,15). The van der Waals surface area contributed by atoms with Crippen LogP contribution in [-0.4, -0.2) is 17.4 Å². The van der Waals surface area contributed by atoms with Crippen molar-refractivity contribution in [2.24, 2.45) is 5.73 Å². The smallest absolute Gasteiger partial charge is 0.237 e. The Bertz CT molecular complexity index is 426. The van der Waals surface area contributed by atoms with E-state index >= 15 is 0 Å². The summed E-state index contributed by atoms with van der Waals surface area (Å²) in [5, 5.41) is 7.68. The van der Waals surface area contributed by atoms with E-state index < -0.39 is 11.4 Å². The molecule has 4 N–H and O–H groups in total. The van der Waals surface area contributed by atoms with Crippen molar-refractivity contribution in [3.63, 3.8) is 0 Å². The minimum Gasteiger partial charge on any atom is -0.368 e. The summed E-state index contributed by atoms with van der Waals surface area (Å²) < 4.78 is 0. The van der Waals surface area contributed by atoms with E-state index in [2.05, 4.69) is 10.6 Å². The lowest BCUT2D eigenvalue weighted by molar-refractivity contribution is -0.123. The van der Waals surface area contributed by atoms with Gasteiger partial charge in [-0.25, -0.2) is 0 Å². The highest BCUT2D eigenvalue weighted by atomic mass is 32.1. The molecule has 1 aromatic rings. The van der Waals surface area contributed by atoms with Gasteiger partial charge in [-0.15, -0.1) is 11.3 Å². The van der Waals surface area contributed by atoms with Crippen LogP contribution in [0, 0.1) is 0 Å². The van der Waals surface area contributed by atoms with Crippen LogP contribution >= 0.6 is 11.3 Å². The Labute approximate surface area is 104 Å². The fourth-order valence-corrected chi connectivity index (χ4v) is 1.94. The fraction of sp³-hybridized carbons (Fsp3) is 0.455. The molecule has 6 heteroatoms. The molecule has 0 spiro atoms. The molecular weight excluding hydrogens is 238 g/mol. The lowest BCUT2D eigenvalue weighted by Crippen LogP contribution is -2.50. The lowest BCUT2D eigenvalue weighted by atomic mass is 10.1. The van der Waals surface area contributed by atoms with Gasteiger partial charge in [0.15, 0.2) is 0 Å². The molecule has 2 amide bonds. The number of carbonyl (C=O) groups excluding carboxylic acids is 2. The number of anilines is 1. The molecule has 1 rings (SSSR count). The molecule has 0 aromatic carbocycles. The van der Waals surface area contributed by atoms with Crippen molar-refractivity contribution in [3.8, 4) is 0 Å². The van der Waals surface area contributed by atoms with E-state index in [1.165, 1.54) is 18.3 Å². The van der Waals surface area contributed by atoms with Gasteiger partial charge < -0.3 is 11.1 Å². The number of hydrogen-bond acceptors (Lipinski definition) is 4. The second-order valence-corrected chi connectivity index (χ2v) is 5.28. The van der Waals surface area contributed by atoms with Gasteiger partial charge in [0.25, 0.3) is 0 Å². The van der Waals surface area contributed by atoms with Gasteiger partial charge in [-0.2, -0.15) is 0 Å². The van der Waals surface area contributed by atoms with Crippen LogP contribution in [0.2, 0.25) is 0 Å². The number of primary amides is 1. The van der Waals surface area contributed by atoms with E-state index in [4.69, 9.17) is 5.73 Å². The summed E-state index contributed by atoms with van der Waals surface area (Å²) in [5.41, 5.74) is 5.27. The van der Waals surface area contributed by atoms with Crippen LogP contribution in [0.3, 0.4) is 0 Å². The Morgan fingerprint density at radius 3 is 2.65 bits per heavy atom. The van der Waals surface area contributed by atoms with Crippen LogP contribution in [0.5, 0.6) is 0 Å². The van der Waals surface area contributed by atoms with Crippen molar-refractivity contribution < 1.29 is 9.59 Å². The van der Waals surface area contributed by atoms with Gasteiger partial charge in [0, 0.05) is 18.3 Å². The van der Waals surface area contributed by atoms with E-state index in [0.717, 1.165) is 10.6 Å². The first-order valence-electron chi connectivity index (χ1n) is 5.22. The minimum absolute atomic E-state index is 0.112. The van der Waals surface area contributed by atoms with Gasteiger partial charge >= 0.3 is 0 Å². The molecular formula is C11H17N3O2S. The number of rotatable bonds is 5. The van der Waals surface area contributed by atoms with Crippen molar-refractivity contribution in [2.75, 3.05) is 5.32 Å². The van der Waals surface area contributed by atoms with Crippen LogP contribution in [0.15, 0.2) is 11.4 Å². The highest BCUT2D eigenvalue weighted by Gasteiger charge is 2.24. The quantitative estimate of drug-likeness (QED) is 0.735. The number of thiophene rings is 1. The molecule has 0 aliphatic heterocycles. The average molecular weight is 255 g/mol. The van der Waals surface area contributed by atoms with Crippen LogP contribution in [0.4, 0.5) is 5.69 Å². The van der Waals surface area contributed by atoms with Crippen molar-refractivity contribution in [3.05, 3.63) is 16.3 Å². The summed E-state index contributed by atoms with van der Waals surface area (Å²) in [5.74, 6) is -0.519. The number of nitrogens with one attached hydrogen (secondary N) is 2. The molecule has 17 heavy (non-hydrogen) atoms. The van der Waals surface area contributed by atoms with Gasteiger partial charge in [-0.1, -0.05) is 0 Å². The molecule has 0 unspecified atom stereocenters. The third kappa shape index (κ3) is 3.83. The van der Waals surface area contributed by atoms with Gasteiger partial charge in [-0.05, 0) is 25.3 Å². The first kappa shape index (κ1) is 13.7. The molecule has 0 fully saturated rings. The highest BCUT2D eigenvalue weighted by molar-refractivity contribution is 7.10. The highest BCUT2D eigenvalue weighted by Crippen LogP contribution is 2.22. The van der Waals surface area contributed by atoms with Crippen LogP contribution in [-0.2, 0) is 16.1 Å². The van der Waals surface area contributed by atoms with Gasteiger partial charge in [0.2, 0.25) is 11.8 Å². The summed E-state index contributed by atoms with van der Waals surface area (Å²) in [4.78, 5) is 23.1. The van der Waals surface area contributed by atoms with Crippen LogP contribution in [0.1, 0.15) is 25.6 Å². The average Bonchev–Trinajstić information content (AvgIpc) is 2.61. The first-order chi connectivity index (χ1) is 7.83. The molecule has 0 radical (unpaired) electrons. The van der Waals surface area contributed by atoms with Gasteiger partial charge in [0.05, 0.1) is 11.2 Å². The summed E-state index contributed by atoms with van der Waals surface area (Å²) in [6.07, 6.45) is 0. The van der Waals surface area contributed by atoms with Crippen LogP contribution < -0.4 is 16.4 Å². The topological polar surface area (TPSA) is 84.2 Å². The zero-order valence-electron chi connectivity index (χ0n) is 10.2. The minimum atomic E-state index is -0.766. The van der Waals surface area contributed by atoms with E-state index in [0.29, 0.717) is 6.54 Å². The maximum Gasteiger partial charge on any atom is 0.237 e. The third-order valence-electron chi connectivity index (χ3n) is 2.36. The second kappa shape index (κ2) is 5.29. The SMILES string of the molecule is CC(=O)Nc1ccsc1CNC(C)(C)C(N)=O. The second-order valence-electron chi connectivity index (χ2n) is 4.28. The third-order valence-corrected chi connectivity index (χ3v) is 3.28. The maximum absolute atomic E-state index is 11.1. The molecule has 5 nitrogen and oxygen atoms in total. The Hall–Kier alpha value is -1.40. The van der Waals surface area contributed by atoms with E-state index in [1.807, 2.05) is 11.4 Å². The zero-order chi connectivity index (χ0) is 13.1. The summed E-state index contributed by atoms with van der Waals surface area (Å²) >= 11 is 1.51. The van der Waals surface area contributed by atoms with Gasteiger partial charge in [0.1, 0.15) is 0 Å². The van der Waals surface area contributed by atoms with E-state index in [1.54, 1.807) is 13.8 Å². The predicted molar refractivity (Wildman–Crippen MR) is 68.7 cm³/mol. The van der Waals surface area contributed by atoms with E-state index in [9.17, 15) is 9.59 Å². The van der Waals surface area contributed by atoms with Crippen molar-refractivity contribution in [1.82, 2.24) is 5.32 Å². The van der Waals surface area contributed by atoms with Crippen molar-refractivity contribution in [2.45, 2.75) is 32.9 Å². The molecule has 0 atom stereocenters. The largest absolute Gasteiger partial charge is 0.368 e. The predicted octanol–water partition coefficient (Wildman–Crippen LogP) is 1.06. The molecule has 1 aromatic heterocycles. The summed E-state index contributed by atoms with van der Waals surface area (Å²) in [6.45, 7) is 5.40. The lowest BCUT2D eigenvalue weighted by Gasteiger charge is -2.22. The van der Waals surface area contributed by atoms with E-state index in [-0.39, 0.29) is 5.91 Å². The first-order valence-corrected chi connectivity index (χ1v) is 6.10. The number of nitrogens with two attached hydrogens (primary N) is 1. The van der Waals surface area contributed by atoms with Crippen molar-refractivity contribution >= 4 is 28.8 Å². The zero-order valence-corrected chi connectivity index (χ0v) is 11.0. The maximum atomic E-state index is 11.1. The number of carbonyl (C=O) groups is 2. The Balaban J connectivity index is 2.67. The molecule has 0 bridgehead atoms. The Kier molecular flexibility index (Phi) is 4.25. The molecule has 94 valence electrons. The number of hydrogen-bond donors (Lipinski definition) is 3. The number of amides is 2. The normalized spacial score (nSPS) is 11.2. The molecule has 0 saturated heterocycles. The molecule has 0 aliphatic rings. The Morgan fingerprint density at radius 2 is 2.12 bits per heavy atom. The summed E-state index contributed by atoms with van der Waals surface area (Å²) in [6, 6.07) is 1.83. The van der Waals surface area contributed by atoms with Crippen molar-refractivity contribution in [1.29, 1.82) is 0 Å². The fourth-order valence-electron chi connectivity index (χ4n) is 1.17. The monoisotopic (exact) mass is 255 g/mol. The molecule has 1 heterocycles. The Morgan fingerprint density at radius 1 is 1.47 bits per heavy atom. The van der Waals surface area contributed by atoms with Crippen LogP contribution in [0.25, 0.3) is 0 Å².